The quantitative estimate of drug-likeness (QED) is 0.916. The molecule has 1 aliphatic heterocycles. The second-order valence-electron chi connectivity index (χ2n) is 7.27. The first-order chi connectivity index (χ1) is 10.6. The molecule has 0 radical (unpaired) electrons. The number of carbonyl (C=O) groups is 1. The van der Waals surface area contributed by atoms with E-state index in [-0.39, 0.29) is 10.8 Å². The minimum Gasteiger partial charge on any atom is -0.339 e. The van der Waals surface area contributed by atoms with E-state index in [1.807, 2.05) is 4.90 Å². The summed E-state index contributed by atoms with van der Waals surface area (Å²) < 4.78 is 22.5. The molecule has 0 aromatic heterocycles. The molecule has 0 saturated carbocycles. The van der Waals surface area contributed by atoms with Crippen LogP contribution in [0.4, 0.5) is 0 Å². The summed E-state index contributed by atoms with van der Waals surface area (Å²) >= 11 is 0. The Morgan fingerprint density at radius 3 is 2.17 bits per heavy atom. The normalized spacial score (nSPS) is 18.2. The van der Waals surface area contributed by atoms with Crippen LogP contribution in [0.3, 0.4) is 0 Å². The van der Waals surface area contributed by atoms with Gasteiger partial charge in [0.15, 0.2) is 0 Å². The molecule has 1 saturated heterocycles. The van der Waals surface area contributed by atoms with Gasteiger partial charge in [-0.2, -0.15) is 0 Å². The summed E-state index contributed by atoms with van der Waals surface area (Å²) in [5.74, 6) is 0.616. The predicted octanol–water partition coefficient (Wildman–Crippen LogP) is 2.62. The number of amides is 1. The van der Waals surface area contributed by atoms with Gasteiger partial charge in [-0.25, -0.2) is 13.6 Å². The second-order valence-corrected chi connectivity index (χ2v) is 8.83. The summed E-state index contributed by atoms with van der Waals surface area (Å²) in [6, 6.07) is 5.83. The molecule has 1 aliphatic rings. The van der Waals surface area contributed by atoms with E-state index in [1.54, 1.807) is 0 Å². The maximum atomic E-state index is 12.5. The van der Waals surface area contributed by atoms with Gasteiger partial charge in [-0.3, -0.25) is 4.79 Å². The maximum Gasteiger partial charge on any atom is 0.253 e. The van der Waals surface area contributed by atoms with Gasteiger partial charge >= 0.3 is 0 Å². The molecule has 0 spiro atoms. The number of benzene rings is 1. The van der Waals surface area contributed by atoms with Gasteiger partial charge in [-0.1, -0.05) is 20.8 Å². The van der Waals surface area contributed by atoms with Crippen molar-refractivity contribution in [3.8, 4) is 0 Å². The van der Waals surface area contributed by atoms with Gasteiger partial charge in [-0.05, 0) is 54.9 Å². The van der Waals surface area contributed by atoms with Crippen molar-refractivity contribution in [1.29, 1.82) is 0 Å². The average Bonchev–Trinajstić information content (AvgIpc) is 2.45. The van der Waals surface area contributed by atoms with Crippen molar-refractivity contribution < 1.29 is 13.2 Å². The lowest BCUT2D eigenvalue weighted by Gasteiger charge is -2.40. The summed E-state index contributed by atoms with van der Waals surface area (Å²) in [5, 5.41) is 5.07. The van der Waals surface area contributed by atoms with Crippen LogP contribution in [0.2, 0.25) is 0 Å². The third-order valence-electron chi connectivity index (χ3n) is 4.59. The van der Waals surface area contributed by atoms with Crippen LogP contribution >= 0.6 is 0 Å². The predicted molar refractivity (Wildman–Crippen MR) is 90.5 cm³/mol. The Labute approximate surface area is 138 Å². The SMILES string of the molecule is CC(C)CC1(C)CCN(C(=O)c2ccc(S(N)(=O)=O)cc2)CC1. The molecular weight excluding hydrogens is 312 g/mol. The van der Waals surface area contributed by atoms with Crippen LogP contribution < -0.4 is 5.14 Å². The Morgan fingerprint density at radius 2 is 1.74 bits per heavy atom. The van der Waals surface area contributed by atoms with Crippen LogP contribution in [-0.4, -0.2) is 32.3 Å². The lowest BCUT2D eigenvalue weighted by Crippen LogP contribution is -2.42. The number of likely N-dealkylation sites (tertiary alicyclic amines) is 1. The van der Waals surface area contributed by atoms with Crippen LogP contribution in [0.15, 0.2) is 29.2 Å². The number of sulfonamides is 1. The number of nitrogens with zero attached hydrogens (tertiary/aromatic N) is 1. The summed E-state index contributed by atoms with van der Waals surface area (Å²) in [5.41, 5.74) is 0.812. The van der Waals surface area contributed by atoms with E-state index in [0.29, 0.717) is 16.9 Å². The lowest BCUT2D eigenvalue weighted by atomic mass is 9.74. The van der Waals surface area contributed by atoms with Crippen LogP contribution in [-0.2, 0) is 10.0 Å². The molecule has 2 rings (SSSR count). The van der Waals surface area contributed by atoms with Crippen molar-refractivity contribution in [1.82, 2.24) is 4.90 Å². The first kappa shape index (κ1) is 17.9. The Morgan fingerprint density at radius 1 is 1.22 bits per heavy atom. The smallest absolute Gasteiger partial charge is 0.253 e. The van der Waals surface area contributed by atoms with Gasteiger partial charge in [0.2, 0.25) is 10.0 Å². The van der Waals surface area contributed by atoms with E-state index in [2.05, 4.69) is 20.8 Å². The topological polar surface area (TPSA) is 80.5 Å². The number of hydrogen-bond acceptors (Lipinski definition) is 3. The number of rotatable bonds is 4. The molecule has 6 heteroatoms. The number of primary sulfonamides is 1. The number of hydrogen-bond donors (Lipinski definition) is 1. The number of carbonyl (C=O) groups excluding carboxylic acids is 1. The molecule has 0 unspecified atom stereocenters. The lowest BCUT2D eigenvalue weighted by molar-refractivity contribution is 0.0570. The molecule has 1 fully saturated rings. The van der Waals surface area contributed by atoms with Gasteiger partial charge < -0.3 is 4.90 Å². The molecule has 1 aromatic carbocycles. The zero-order valence-corrected chi connectivity index (χ0v) is 14.9. The highest BCUT2D eigenvalue weighted by atomic mass is 32.2. The molecule has 2 N–H and O–H groups in total. The molecule has 1 amide bonds. The van der Waals surface area contributed by atoms with Crippen LogP contribution in [0.1, 0.15) is 50.4 Å². The van der Waals surface area contributed by atoms with Crippen LogP contribution in [0, 0.1) is 11.3 Å². The van der Waals surface area contributed by atoms with Crippen molar-refractivity contribution in [2.75, 3.05) is 13.1 Å². The fourth-order valence-electron chi connectivity index (χ4n) is 3.41. The van der Waals surface area contributed by atoms with Crippen LogP contribution in [0.25, 0.3) is 0 Å². The van der Waals surface area contributed by atoms with Gasteiger partial charge in [0.05, 0.1) is 4.90 Å². The standard InChI is InChI=1S/C17H26N2O3S/c1-13(2)12-17(3)8-10-19(11-9-17)16(20)14-4-6-15(7-5-14)23(18,21)22/h4-7,13H,8-12H2,1-3H3,(H2,18,21,22). The van der Waals surface area contributed by atoms with Crippen LogP contribution in [0.5, 0.6) is 0 Å². The van der Waals surface area contributed by atoms with E-state index in [1.165, 1.54) is 30.7 Å². The first-order valence-corrected chi connectivity index (χ1v) is 9.57. The summed E-state index contributed by atoms with van der Waals surface area (Å²) in [6.45, 7) is 8.26. The van der Waals surface area contributed by atoms with Crippen molar-refractivity contribution >= 4 is 15.9 Å². The highest BCUT2D eigenvalue weighted by Gasteiger charge is 2.32. The Hall–Kier alpha value is -1.40. The minimum atomic E-state index is -3.72. The molecule has 1 aromatic rings. The average molecular weight is 338 g/mol. The largest absolute Gasteiger partial charge is 0.339 e. The van der Waals surface area contributed by atoms with E-state index in [0.717, 1.165) is 25.9 Å². The molecule has 0 aliphatic carbocycles. The van der Waals surface area contributed by atoms with Gasteiger partial charge in [0.1, 0.15) is 0 Å². The van der Waals surface area contributed by atoms with E-state index >= 15 is 0 Å². The van der Waals surface area contributed by atoms with Crippen molar-refractivity contribution in [3.63, 3.8) is 0 Å². The fourth-order valence-corrected chi connectivity index (χ4v) is 3.92. The van der Waals surface area contributed by atoms with Crippen molar-refractivity contribution in [3.05, 3.63) is 29.8 Å². The zero-order chi connectivity index (χ0) is 17.3. The maximum absolute atomic E-state index is 12.5. The Kier molecular flexibility index (Phi) is 5.16. The highest BCUT2D eigenvalue weighted by Crippen LogP contribution is 2.37. The molecule has 0 atom stereocenters. The van der Waals surface area contributed by atoms with E-state index in [4.69, 9.17) is 5.14 Å². The minimum absolute atomic E-state index is 0.0252. The summed E-state index contributed by atoms with van der Waals surface area (Å²) in [6.07, 6.45) is 3.19. The molecular formula is C17H26N2O3S. The number of nitrogens with two attached hydrogens (primary N) is 1. The van der Waals surface area contributed by atoms with Crippen molar-refractivity contribution in [2.24, 2.45) is 16.5 Å². The summed E-state index contributed by atoms with van der Waals surface area (Å²) in [7, 11) is -3.72. The Bertz CT molecular complexity index is 658. The molecule has 0 bridgehead atoms. The van der Waals surface area contributed by atoms with Crippen molar-refractivity contribution in [2.45, 2.75) is 44.9 Å². The molecule has 5 nitrogen and oxygen atoms in total. The third-order valence-corrected chi connectivity index (χ3v) is 5.52. The third kappa shape index (κ3) is 4.54. The molecule has 1 heterocycles. The monoisotopic (exact) mass is 338 g/mol. The molecule has 23 heavy (non-hydrogen) atoms. The Balaban J connectivity index is 2.03. The zero-order valence-electron chi connectivity index (χ0n) is 14.1. The second kappa shape index (κ2) is 6.61. The van der Waals surface area contributed by atoms with E-state index in [9.17, 15) is 13.2 Å². The summed E-state index contributed by atoms with van der Waals surface area (Å²) in [4.78, 5) is 14.4. The van der Waals surface area contributed by atoms with E-state index < -0.39 is 10.0 Å². The van der Waals surface area contributed by atoms with Gasteiger partial charge in [0.25, 0.3) is 5.91 Å². The fraction of sp³-hybridized carbons (Fsp3) is 0.588. The van der Waals surface area contributed by atoms with Gasteiger partial charge in [0, 0.05) is 18.7 Å². The first-order valence-electron chi connectivity index (χ1n) is 8.03. The number of piperidine rings is 1. The highest BCUT2D eigenvalue weighted by molar-refractivity contribution is 7.89. The van der Waals surface area contributed by atoms with Gasteiger partial charge in [-0.15, -0.1) is 0 Å². The molecule has 128 valence electrons.